The Hall–Kier alpha value is -3.40. The van der Waals surface area contributed by atoms with Gasteiger partial charge in [-0.1, -0.05) is 0 Å². The van der Waals surface area contributed by atoms with Gasteiger partial charge in [0, 0.05) is 37.3 Å². The third-order valence-corrected chi connectivity index (χ3v) is 5.46. The Morgan fingerprint density at radius 2 is 1.84 bits per heavy atom. The fraction of sp³-hybridized carbons (Fsp3) is 0.286. The number of carbonyl (C=O) groups is 3. The van der Waals surface area contributed by atoms with E-state index in [2.05, 4.69) is 10.6 Å². The van der Waals surface area contributed by atoms with Crippen LogP contribution < -0.4 is 15.5 Å². The fourth-order valence-electron chi connectivity index (χ4n) is 3.74. The van der Waals surface area contributed by atoms with Gasteiger partial charge in [-0.15, -0.1) is 0 Å². The quantitative estimate of drug-likeness (QED) is 0.506. The predicted octanol–water partition coefficient (Wildman–Crippen LogP) is 1.77. The molecule has 4 rings (SSSR count). The summed E-state index contributed by atoms with van der Waals surface area (Å²) in [5, 5.41) is 15.7. The fourth-order valence-corrected chi connectivity index (χ4v) is 3.74. The minimum Gasteiger partial charge on any atom is -0.372 e. The summed E-state index contributed by atoms with van der Waals surface area (Å²) in [6.07, 6.45) is 0.644. The molecule has 0 spiro atoms. The number of anilines is 2. The van der Waals surface area contributed by atoms with Crippen molar-refractivity contribution in [2.45, 2.75) is 31.4 Å². The normalized spacial score (nSPS) is 20.5. The molecule has 2 aromatic carbocycles. The number of hydrogen-bond acceptors (Lipinski definition) is 4. The van der Waals surface area contributed by atoms with E-state index in [-0.39, 0.29) is 24.4 Å². The molecule has 3 N–H and O–H groups in total. The molecule has 3 amide bonds. The number of rotatable bonds is 4. The molecule has 0 aliphatic carbocycles. The number of fused-ring (bicyclic) bond motifs is 1. The van der Waals surface area contributed by atoms with Crippen molar-refractivity contribution in [3.05, 3.63) is 58.9 Å². The molecule has 0 radical (unpaired) electrons. The second kappa shape index (κ2) is 7.69. The van der Waals surface area contributed by atoms with Crippen molar-refractivity contribution >= 4 is 29.1 Å². The Morgan fingerprint density at radius 1 is 1.13 bits per heavy atom. The van der Waals surface area contributed by atoms with E-state index < -0.39 is 41.4 Å². The number of benzene rings is 2. The van der Waals surface area contributed by atoms with E-state index in [0.717, 1.165) is 17.7 Å². The largest absolute Gasteiger partial charge is 0.372 e. The molecule has 0 aromatic heterocycles. The highest BCUT2D eigenvalue weighted by molar-refractivity contribution is 6.16. The van der Waals surface area contributed by atoms with Crippen molar-refractivity contribution in [1.82, 2.24) is 5.32 Å². The highest BCUT2D eigenvalue weighted by Crippen LogP contribution is 2.33. The van der Waals surface area contributed by atoms with E-state index in [4.69, 9.17) is 0 Å². The molecule has 0 bridgehead atoms. The zero-order chi connectivity index (χ0) is 22.3. The second-order valence-corrected chi connectivity index (χ2v) is 7.51. The van der Waals surface area contributed by atoms with Crippen molar-refractivity contribution in [3.8, 4) is 0 Å². The topological polar surface area (TPSA) is 98.7 Å². The van der Waals surface area contributed by atoms with Crippen molar-refractivity contribution < 1.29 is 32.7 Å². The van der Waals surface area contributed by atoms with Crippen LogP contribution in [0.1, 0.15) is 24.0 Å². The van der Waals surface area contributed by atoms with Gasteiger partial charge in [0.2, 0.25) is 11.5 Å². The zero-order valence-corrected chi connectivity index (χ0v) is 16.2. The van der Waals surface area contributed by atoms with Gasteiger partial charge in [0.25, 0.3) is 11.8 Å². The maximum Gasteiger partial charge on any atom is 0.268 e. The highest BCUT2D eigenvalue weighted by Gasteiger charge is 2.51. The van der Waals surface area contributed by atoms with E-state index in [9.17, 15) is 32.7 Å². The van der Waals surface area contributed by atoms with E-state index in [1.807, 2.05) is 0 Å². The maximum atomic E-state index is 13.3. The molecular formula is C21H18F3N3O4. The molecule has 31 heavy (non-hydrogen) atoms. The van der Waals surface area contributed by atoms with Crippen LogP contribution in [0.5, 0.6) is 0 Å². The Kier molecular flexibility index (Phi) is 5.18. The van der Waals surface area contributed by atoms with Crippen molar-refractivity contribution in [1.29, 1.82) is 0 Å². The summed E-state index contributed by atoms with van der Waals surface area (Å²) in [5.41, 5.74) is -0.441. The number of nitrogens with one attached hydrogen (secondary N) is 2. The van der Waals surface area contributed by atoms with E-state index in [0.29, 0.717) is 24.2 Å². The average molecular weight is 433 g/mol. The molecule has 1 unspecified atom stereocenters. The van der Waals surface area contributed by atoms with E-state index >= 15 is 0 Å². The molecule has 2 aliphatic heterocycles. The summed E-state index contributed by atoms with van der Waals surface area (Å²) >= 11 is 0. The first kappa shape index (κ1) is 20.9. The van der Waals surface area contributed by atoms with Gasteiger partial charge in [0.15, 0.2) is 17.5 Å². The SMILES string of the molecule is O=C1CCc2cc(N3CCC(O)(C(=O)NCc4cc(F)c(F)c(F)c4)C3=O)ccc2N1. The third kappa shape index (κ3) is 3.74. The summed E-state index contributed by atoms with van der Waals surface area (Å²) in [5.74, 6) is -6.38. The molecule has 2 aromatic rings. The minimum atomic E-state index is -2.35. The molecule has 162 valence electrons. The first-order chi connectivity index (χ1) is 14.7. The first-order valence-electron chi connectivity index (χ1n) is 9.58. The van der Waals surface area contributed by atoms with E-state index in [1.165, 1.54) is 4.90 Å². The van der Waals surface area contributed by atoms with Gasteiger partial charge < -0.3 is 20.6 Å². The smallest absolute Gasteiger partial charge is 0.268 e. The van der Waals surface area contributed by atoms with Crippen LogP contribution in [-0.4, -0.2) is 35.0 Å². The average Bonchev–Trinajstić information content (AvgIpc) is 3.05. The lowest BCUT2D eigenvalue weighted by Gasteiger charge is -2.24. The summed E-state index contributed by atoms with van der Waals surface area (Å²) < 4.78 is 39.7. The number of aliphatic hydroxyl groups is 1. The molecule has 2 aliphatic rings. The van der Waals surface area contributed by atoms with Gasteiger partial charge in [-0.2, -0.15) is 0 Å². The predicted molar refractivity (Wildman–Crippen MR) is 103 cm³/mol. The van der Waals surface area contributed by atoms with Gasteiger partial charge in [0.1, 0.15) is 0 Å². The zero-order valence-electron chi connectivity index (χ0n) is 16.2. The molecule has 7 nitrogen and oxygen atoms in total. The third-order valence-electron chi connectivity index (χ3n) is 5.46. The number of hydrogen-bond donors (Lipinski definition) is 3. The Morgan fingerprint density at radius 3 is 2.55 bits per heavy atom. The van der Waals surface area contributed by atoms with Gasteiger partial charge in [0.05, 0.1) is 0 Å². The summed E-state index contributed by atoms with van der Waals surface area (Å²) in [6, 6.07) is 6.43. The molecule has 1 atom stereocenters. The van der Waals surface area contributed by atoms with Crippen molar-refractivity contribution in [2.24, 2.45) is 0 Å². The maximum absolute atomic E-state index is 13.3. The summed E-state index contributed by atoms with van der Waals surface area (Å²) in [4.78, 5) is 38.1. The molecule has 2 heterocycles. The minimum absolute atomic E-state index is 0.0626. The van der Waals surface area contributed by atoms with Crippen LogP contribution in [0.3, 0.4) is 0 Å². The van der Waals surface area contributed by atoms with Crippen LogP contribution in [0.25, 0.3) is 0 Å². The summed E-state index contributed by atoms with van der Waals surface area (Å²) in [6.45, 7) is -0.325. The van der Waals surface area contributed by atoms with Crippen LogP contribution in [0.15, 0.2) is 30.3 Å². The van der Waals surface area contributed by atoms with Crippen molar-refractivity contribution in [3.63, 3.8) is 0 Å². The molecule has 10 heteroatoms. The van der Waals surface area contributed by atoms with Crippen LogP contribution in [0.2, 0.25) is 0 Å². The lowest BCUT2D eigenvalue weighted by atomic mass is 10.0. The van der Waals surface area contributed by atoms with Crippen LogP contribution >= 0.6 is 0 Å². The van der Waals surface area contributed by atoms with Gasteiger partial charge in [-0.05, 0) is 47.9 Å². The lowest BCUT2D eigenvalue weighted by molar-refractivity contribution is -0.149. The molecule has 0 saturated carbocycles. The first-order valence-corrected chi connectivity index (χ1v) is 9.58. The van der Waals surface area contributed by atoms with E-state index in [1.54, 1.807) is 18.2 Å². The van der Waals surface area contributed by atoms with Gasteiger partial charge in [-0.3, -0.25) is 14.4 Å². The van der Waals surface area contributed by atoms with Crippen LogP contribution in [-0.2, 0) is 27.3 Å². The van der Waals surface area contributed by atoms with Crippen molar-refractivity contribution in [2.75, 3.05) is 16.8 Å². The lowest BCUT2D eigenvalue weighted by Crippen LogP contribution is -2.52. The number of halogens is 3. The second-order valence-electron chi connectivity index (χ2n) is 7.51. The molecule has 1 fully saturated rings. The Balaban J connectivity index is 1.47. The number of amides is 3. The Labute approximate surface area is 174 Å². The number of carbonyl (C=O) groups excluding carboxylic acids is 3. The summed E-state index contributed by atoms with van der Waals surface area (Å²) in [7, 11) is 0. The van der Waals surface area contributed by atoms with Crippen LogP contribution in [0.4, 0.5) is 24.5 Å². The number of nitrogens with zero attached hydrogens (tertiary/aromatic N) is 1. The van der Waals surface area contributed by atoms with Gasteiger partial charge >= 0.3 is 0 Å². The molecular weight excluding hydrogens is 415 g/mol. The van der Waals surface area contributed by atoms with Gasteiger partial charge in [-0.25, -0.2) is 13.2 Å². The standard InChI is InChI=1S/C21H18F3N3O4/c22-14-7-11(8-15(23)18(14)24)10-25-19(29)21(31)5-6-27(20(21)30)13-2-3-16-12(9-13)1-4-17(28)26-16/h2-3,7-9,31H,1,4-6,10H2,(H,25,29)(H,26,28). The highest BCUT2D eigenvalue weighted by atomic mass is 19.2. The monoisotopic (exact) mass is 433 g/mol. The van der Waals surface area contributed by atoms with Crippen LogP contribution in [0, 0.1) is 17.5 Å². The molecule has 1 saturated heterocycles. The number of aryl methyl sites for hydroxylation is 1. The Bertz CT molecular complexity index is 1080.